The normalized spacial score (nSPS) is 20.8. The van der Waals surface area contributed by atoms with Gasteiger partial charge in [0.2, 0.25) is 5.91 Å². The van der Waals surface area contributed by atoms with E-state index in [1.807, 2.05) is 36.4 Å². The van der Waals surface area contributed by atoms with Crippen LogP contribution >= 0.6 is 0 Å². The number of aromatic nitrogens is 3. The Morgan fingerprint density at radius 1 is 1.09 bits per heavy atom. The molecule has 0 saturated heterocycles. The standard InChI is InChI=1S/C24H21N5O3/c1-31-14-6-8-18-16(11-14)24(23(30)26-18)12-17(24)13-5-7-15-19(10-13)28-29-21(15)27-22-20(32-2)4-3-9-25-22/h3-11,17H,12H2,1-2H3,(H,26,30)(H2,25,27,28,29)/t17-,24-/m0/s1. The van der Waals surface area contributed by atoms with Crippen LogP contribution in [0, 0.1) is 0 Å². The number of benzene rings is 2. The molecule has 1 aliphatic heterocycles. The molecule has 1 aliphatic carbocycles. The summed E-state index contributed by atoms with van der Waals surface area (Å²) in [7, 11) is 3.25. The van der Waals surface area contributed by atoms with Crippen LogP contribution in [0.4, 0.5) is 17.3 Å². The fraction of sp³-hybridized carbons (Fsp3) is 0.208. The molecular formula is C24H21N5O3. The highest BCUT2D eigenvalue weighted by molar-refractivity contribution is 6.10. The molecule has 8 nitrogen and oxygen atoms in total. The number of ether oxygens (including phenoxy) is 2. The van der Waals surface area contributed by atoms with E-state index in [-0.39, 0.29) is 11.8 Å². The lowest BCUT2D eigenvalue weighted by molar-refractivity contribution is -0.118. The number of H-pyrrole nitrogens is 1. The third-order valence-electron chi connectivity index (χ3n) is 6.54. The molecule has 1 amide bonds. The zero-order valence-electron chi connectivity index (χ0n) is 17.6. The highest BCUT2D eigenvalue weighted by Gasteiger charge is 2.65. The van der Waals surface area contributed by atoms with Gasteiger partial charge in [0.15, 0.2) is 17.4 Å². The second kappa shape index (κ2) is 6.71. The van der Waals surface area contributed by atoms with Crippen molar-refractivity contribution in [2.45, 2.75) is 17.8 Å². The number of carbonyl (C=O) groups excluding carboxylic acids is 1. The molecule has 32 heavy (non-hydrogen) atoms. The van der Waals surface area contributed by atoms with Gasteiger partial charge in [0, 0.05) is 23.2 Å². The summed E-state index contributed by atoms with van der Waals surface area (Å²) < 4.78 is 10.8. The van der Waals surface area contributed by atoms with Crippen LogP contribution in [0.2, 0.25) is 0 Å². The van der Waals surface area contributed by atoms with E-state index in [0.717, 1.165) is 39.9 Å². The molecule has 2 aromatic heterocycles. The number of pyridine rings is 1. The maximum absolute atomic E-state index is 12.9. The average Bonchev–Trinajstić information content (AvgIpc) is 3.38. The molecule has 0 radical (unpaired) electrons. The molecule has 160 valence electrons. The van der Waals surface area contributed by atoms with Crippen LogP contribution < -0.4 is 20.1 Å². The van der Waals surface area contributed by atoms with Gasteiger partial charge in [-0.15, -0.1) is 0 Å². The van der Waals surface area contributed by atoms with Crippen molar-refractivity contribution < 1.29 is 14.3 Å². The predicted molar refractivity (Wildman–Crippen MR) is 121 cm³/mol. The minimum atomic E-state index is -0.528. The van der Waals surface area contributed by atoms with Crippen molar-refractivity contribution in [3.05, 3.63) is 65.9 Å². The summed E-state index contributed by atoms with van der Waals surface area (Å²) in [6.45, 7) is 0. The topological polar surface area (TPSA) is 101 Å². The highest BCUT2D eigenvalue weighted by atomic mass is 16.5. The van der Waals surface area contributed by atoms with Crippen LogP contribution in [-0.4, -0.2) is 35.3 Å². The first kappa shape index (κ1) is 18.7. The number of carbonyl (C=O) groups is 1. The molecule has 6 rings (SSSR count). The quantitative estimate of drug-likeness (QED) is 0.443. The Bertz CT molecular complexity index is 1380. The Kier molecular flexibility index (Phi) is 3.92. The smallest absolute Gasteiger partial charge is 0.235 e. The van der Waals surface area contributed by atoms with Crippen LogP contribution in [-0.2, 0) is 10.2 Å². The lowest BCUT2D eigenvalue weighted by Crippen LogP contribution is -2.21. The number of hydrogen-bond acceptors (Lipinski definition) is 6. The lowest BCUT2D eigenvalue weighted by Gasteiger charge is -2.10. The summed E-state index contributed by atoms with van der Waals surface area (Å²) in [6, 6.07) is 15.6. The number of hydrogen-bond donors (Lipinski definition) is 3. The van der Waals surface area contributed by atoms with Crippen molar-refractivity contribution in [3.8, 4) is 11.5 Å². The van der Waals surface area contributed by atoms with Crippen molar-refractivity contribution in [1.82, 2.24) is 15.2 Å². The van der Waals surface area contributed by atoms with E-state index in [0.29, 0.717) is 17.4 Å². The van der Waals surface area contributed by atoms with Gasteiger partial charge in [0.25, 0.3) is 0 Å². The Morgan fingerprint density at radius 2 is 2.00 bits per heavy atom. The Balaban J connectivity index is 1.33. The molecule has 1 saturated carbocycles. The molecule has 4 aromatic rings. The largest absolute Gasteiger partial charge is 0.497 e. The number of fused-ring (bicyclic) bond motifs is 3. The summed E-state index contributed by atoms with van der Waals surface area (Å²) in [5.74, 6) is 2.83. The van der Waals surface area contributed by atoms with Gasteiger partial charge < -0.3 is 20.1 Å². The minimum absolute atomic E-state index is 0.0556. The predicted octanol–water partition coefficient (Wildman–Crippen LogP) is 4.10. The van der Waals surface area contributed by atoms with Gasteiger partial charge in [0.05, 0.1) is 25.2 Å². The maximum Gasteiger partial charge on any atom is 0.235 e. The number of methoxy groups -OCH3 is 2. The van der Waals surface area contributed by atoms with Gasteiger partial charge in [-0.2, -0.15) is 5.10 Å². The highest BCUT2D eigenvalue weighted by Crippen LogP contribution is 2.65. The van der Waals surface area contributed by atoms with E-state index in [1.165, 1.54) is 0 Å². The zero-order chi connectivity index (χ0) is 21.9. The van der Waals surface area contributed by atoms with Gasteiger partial charge >= 0.3 is 0 Å². The third-order valence-corrected chi connectivity index (χ3v) is 6.54. The molecule has 0 bridgehead atoms. The summed E-state index contributed by atoms with van der Waals surface area (Å²) in [6.07, 6.45) is 2.47. The number of rotatable bonds is 5. The summed E-state index contributed by atoms with van der Waals surface area (Å²) >= 11 is 0. The fourth-order valence-corrected chi connectivity index (χ4v) is 4.81. The molecule has 1 fully saturated rings. The van der Waals surface area contributed by atoms with Crippen molar-refractivity contribution in [2.24, 2.45) is 0 Å². The molecule has 2 aliphatic rings. The Morgan fingerprint density at radius 3 is 2.84 bits per heavy atom. The minimum Gasteiger partial charge on any atom is -0.497 e. The van der Waals surface area contributed by atoms with E-state index >= 15 is 0 Å². The summed E-state index contributed by atoms with van der Waals surface area (Å²) in [4.78, 5) is 17.3. The molecule has 3 heterocycles. The SMILES string of the molecule is COc1ccc2c(c1)[C@]1(C[C@H]1c1ccc3c(Nc4ncccc4OC)n[nH]c3c1)C(=O)N2. The van der Waals surface area contributed by atoms with Crippen LogP contribution in [0.3, 0.4) is 0 Å². The molecule has 8 heteroatoms. The number of nitrogens with zero attached hydrogens (tertiary/aromatic N) is 2. The fourth-order valence-electron chi connectivity index (χ4n) is 4.81. The van der Waals surface area contributed by atoms with Crippen LogP contribution in [0.25, 0.3) is 10.9 Å². The Labute approximate surface area is 184 Å². The van der Waals surface area contributed by atoms with Gasteiger partial charge in [0.1, 0.15) is 5.75 Å². The first-order valence-electron chi connectivity index (χ1n) is 10.4. The van der Waals surface area contributed by atoms with Crippen LogP contribution in [0.15, 0.2) is 54.7 Å². The first-order chi connectivity index (χ1) is 15.6. The molecule has 2 atom stereocenters. The first-order valence-corrected chi connectivity index (χ1v) is 10.4. The molecule has 1 spiro atoms. The van der Waals surface area contributed by atoms with E-state index in [9.17, 15) is 4.79 Å². The van der Waals surface area contributed by atoms with E-state index in [4.69, 9.17) is 9.47 Å². The van der Waals surface area contributed by atoms with Gasteiger partial charge in [-0.25, -0.2) is 4.98 Å². The molecule has 2 aromatic carbocycles. The van der Waals surface area contributed by atoms with Gasteiger partial charge in [-0.1, -0.05) is 6.07 Å². The van der Waals surface area contributed by atoms with Crippen LogP contribution in [0.1, 0.15) is 23.5 Å². The van der Waals surface area contributed by atoms with E-state index < -0.39 is 5.41 Å². The maximum atomic E-state index is 12.9. The van der Waals surface area contributed by atoms with Crippen molar-refractivity contribution in [3.63, 3.8) is 0 Å². The summed E-state index contributed by atoms with van der Waals surface area (Å²) in [5, 5.41) is 14.7. The van der Waals surface area contributed by atoms with Crippen molar-refractivity contribution in [1.29, 1.82) is 0 Å². The van der Waals surface area contributed by atoms with E-state index in [1.54, 1.807) is 20.4 Å². The number of amides is 1. The third kappa shape index (κ3) is 2.59. The van der Waals surface area contributed by atoms with Gasteiger partial charge in [-0.05, 0) is 60.0 Å². The summed E-state index contributed by atoms with van der Waals surface area (Å²) in [5.41, 5.74) is 3.36. The lowest BCUT2D eigenvalue weighted by atomic mass is 9.91. The van der Waals surface area contributed by atoms with Gasteiger partial charge in [-0.3, -0.25) is 9.89 Å². The second-order valence-electron chi connectivity index (χ2n) is 8.15. The zero-order valence-corrected chi connectivity index (χ0v) is 17.6. The number of anilines is 3. The molecule has 0 unspecified atom stereocenters. The number of aromatic amines is 1. The Hall–Kier alpha value is -4.07. The van der Waals surface area contributed by atoms with Crippen molar-refractivity contribution in [2.75, 3.05) is 24.9 Å². The van der Waals surface area contributed by atoms with Crippen molar-refractivity contribution >= 4 is 34.1 Å². The monoisotopic (exact) mass is 427 g/mol. The molecule has 3 N–H and O–H groups in total. The molecular weight excluding hydrogens is 406 g/mol. The number of nitrogens with one attached hydrogen (secondary N) is 3. The average molecular weight is 427 g/mol. The van der Waals surface area contributed by atoms with E-state index in [2.05, 4.69) is 37.9 Å². The van der Waals surface area contributed by atoms with Crippen LogP contribution in [0.5, 0.6) is 11.5 Å². The second-order valence-corrected chi connectivity index (χ2v) is 8.15.